The summed E-state index contributed by atoms with van der Waals surface area (Å²) in [6, 6.07) is 19.2. The van der Waals surface area contributed by atoms with Crippen LogP contribution >= 0.6 is 0 Å². The molecule has 0 saturated carbocycles. The van der Waals surface area contributed by atoms with Crippen LogP contribution in [0.1, 0.15) is 37.8 Å². The van der Waals surface area contributed by atoms with E-state index in [2.05, 4.69) is 5.32 Å². The van der Waals surface area contributed by atoms with E-state index < -0.39 is 6.04 Å². The van der Waals surface area contributed by atoms with E-state index in [9.17, 15) is 9.59 Å². The smallest absolute Gasteiger partial charge is 0.243 e. The lowest BCUT2D eigenvalue weighted by Gasteiger charge is -2.31. The summed E-state index contributed by atoms with van der Waals surface area (Å²) in [5.41, 5.74) is 2.07. The van der Waals surface area contributed by atoms with Gasteiger partial charge in [0.05, 0.1) is 0 Å². The van der Waals surface area contributed by atoms with Crippen LogP contribution in [0.25, 0.3) is 0 Å². The number of carbonyl (C=O) groups excluding carboxylic acids is 2. The van der Waals surface area contributed by atoms with Gasteiger partial charge in [-0.1, -0.05) is 74.5 Å². The molecule has 0 aliphatic heterocycles. The highest BCUT2D eigenvalue weighted by Crippen LogP contribution is 2.15. The van der Waals surface area contributed by atoms with E-state index in [1.165, 1.54) is 0 Å². The second kappa shape index (κ2) is 10.4. The lowest BCUT2D eigenvalue weighted by molar-refractivity contribution is -0.141. The van der Waals surface area contributed by atoms with E-state index in [1.54, 1.807) is 4.90 Å². The fraction of sp³-hybridized carbons (Fsp3) is 0.364. The average Bonchev–Trinajstić information content (AvgIpc) is 2.69. The van der Waals surface area contributed by atoms with Crippen molar-refractivity contribution in [1.29, 1.82) is 0 Å². The Morgan fingerprint density at radius 2 is 1.50 bits per heavy atom. The monoisotopic (exact) mass is 352 g/mol. The Hall–Kier alpha value is -2.62. The molecule has 2 amide bonds. The van der Waals surface area contributed by atoms with Gasteiger partial charge in [0.2, 0.25) is 11.8 Å². The van der Waals surface area contributed by atoms with Crippen LogP contribution in [0.2, 0.25) is 0 Å². The van der Waals surface area contributed by atoms with Crippen molar-refractivity contribution in [2.45, 2.75) is 45.7 Å². The molecule has 0 fully saturated rings. The van der Waals surface area contributed by atoms with Gasteiger partial charge in [0.25, 0.3) is 0 Å². The fourth-order valence-corrected chi connectivity index (χ4v) is 2.90. The first-order valence-electron chi connectivity index (χ1n) is 9.30. The van der Waals surface area contributed by atoms with Crippen LogP contribution in [-0.2, 0) is 22.6 Å². The van der Waals surface area contributed by atoms with Gasteiger partial charge in [0, 0.05) is 25.9 Å². The highest BCUT2D eigenvalue weighted by atomic mass is 16.2. The summed E-state index contributed by atoms with van der Waals surface area (Å²) in [7, 11) is 0. The number of hydrogen-bond acceptors (Lipinski definition) is 2. The number of carbonyl (C=O) groups is 2. The molecular formula is C22H28N2O2. The second-order valence-electron chi connectivity index (χ2n) is 6.36. The molecule has 0 spiro atoms. The van der Waals surface area contributed by atoms with Crippen molar-refractivity contribution in [3.05, 3.63) is 71.8 Å². The molecule has 2 rings (SSSR count). The molecule has 0 aliphatic carbocycles. The first-order chi connectivity index (χ1) is 12.7. The van der Waals surface area contributed by atoms with Gasteiger partial charge in [-0.2, -0.15) is 0 Å². The van der Waals surface area contributed by atoms with E-state index in [0.717, 1.165) is 17.5 Å². The molecule has 0 aliphatic rings. The Morgan fingerprint density at radius 1 is 0.923 bits per heavy atom. The molecule has 0 aromatic heterocycles. The number of hydrogen-bond donors (Lipinski definition) is 1. The zero-order valence-electron chi connectivity index (χ0n) is 15.7. The number of rotatable bonds is 9. The van der Waals surface area contributed by atoms with Crippen molar-refractivity contribution in [3.8, 4) is 0 Å². The van der Waals surface area contributed by atoms with Crippen LogP contribution in [0.3, 0.4) is 0 Å². The molecule has 0 heterocycles. The van der Waals surface area contributed by atoms with Crippen molar-refractivity contribution in [2.24, 2.45) is 0 Å². The van der Waals surface area contributed by atoms with Gasteiger partial charge < -0.3 is 10.2 Å². The van der Waals surface area contributed by atoms with Gasteiger partial charge in [-0.15, -0.1) is 0 Å². The normalized spacial score (nSPS) is 11.6. The SMILES string of the molecule is CCCNC(=O)[C@@H](Cc1ccccc1)N(Cc1ccccc1)C(=O)CC. The van der Waals surface area contributed by atoms with Gasteiger partial charge in [-0.25, -0.2) is 0 Å². The average molecular weight is 352 g/mol. The van der Waals surface area contributed by atoms with E-state index in [1.807, 2.05) is 74.5 Å². The van der Waals surface area contributed by atoms with Gasteiger partial charge in [-0.3, -0.25) is 9.59 Å². The van der Waals surface area contributed by atoms with Crippen LogP contribution in [0.5, 0.6) is 0 Å². The molecule has 138 valence electrons. The maximum absolute atomic E-state index is 12.9. The van der Waals surface area contributed by atoms with E-state index in [4.69, 9.17) is 0 Å². The maximum Gasteiger partial charge on any atom is 0.243 e. The van der Waals surface area contributed by atoms with E-state index in [-0.39, 0.29) is 11.8 Å². The van der Waals surface area contributed by atoms with Crippen LogP contribution in [-0.4, -0.2) is 29.3 Å². The number of nitrogens with zero attached hydrogens (tertiary/aromatic N) is 1. The Bertz CT molecular complexity index is 686. The molecule has 2 aromatic carbocycles. The molecule has 1 N–H and O–H groups in total. The van der Waals surface area contributed by atoms with E-state index in [0.29, 0.717) is 25.9 Å². The predicted molar refractivity (Wildman–Crippen MR) is 105 cm³/mol. The molecule has 0 radical (unpaired) electrons. The molecule has 4 nitrogen and oxygen atoms in total. The third kappa shape index (κ3) is 5.73. The van der Waals surface area contributed by atoms with Crippen LogP contribution in [0.15, 0.2) is 60.7 Å². The largest absolute Gasteiger partial charge is 0.354 e. The standard InChI is InChI=1S/C22H28N2O2/c1-3-15-23-22(26)20(16-18-11-7-5-8-12-18)24(21(25)4-2)17-19-13-9-6-10-14-19/h5-14,20H,3-4,15-17H2,1-2H3,(H,23,26)/t20-/m1/s1. The summed E-state index contributed by atoms with van der Waals surface area (Å²) in [5, 5.41) is 2.97. The number of nitrogens with one attached hydrogen (secondary N) is 1. The lowest BCUT2D eigenvalue weighted by atomic mass is 10.0. The Labute approximate surface area is 156 Å². The van der Waals surface area contributed by atoms with Gasteiger partial charge in [0.15, 0.2) is 0 Å². The van der Waals surface area contributed by atoms with Crippen LogP contribution in [0.4, 0.5) is 0 Å². The summed E-state index contributed by atoms with van der Waals surface area (Å²) in [6.07, 6.45) is 1.75. The molecule has 26 heavy (non-hydrogen) atoms. The topological polar surface area (TPSA) is 49.4 Å². The zero-order valence-corrected chi connectivity index (χ0v) is 15.7. The summed E-state index contributed by atoms with van der Waals surface area (Å²) < 4.78 is 0. The molecule has 0 bridgehead atoms. The minimum atomic E-state index is -0.517. The van der Waals surface area contributed by atoms with Crippen molar-refractivity contribution in [3.63, 3.8) is 0 Å². The van der Waals surface area contributed by atoms with Gasteiger partial charge in [-0.05, 0) is 17.5 Å². The highest BCUT2D eigenvalue weighted by molar-refractivity contribution is 5.87. The first-order valence-corrected chi connectivity index (χ1v) is 9.30. The Morgan fingerprint density at radius 3 is 2.04 bits per heavy atom. The van der Waals surface area contributed by atoms with Crippen molar-refractivity contribution in [2.75, 3.05) is 6.54 Å². The second-order valence-corrected chi connectivity index (χ2v) is 6.36. The molecular weight excluding hydrogens is 324 g/mol. The van der Waals surface area contributed by atoms with Crippen molar-refractivity contribution >= 4 is 11.8 Å². The molecule has 4 heteroatoms. The minimum absolute atomic E-state index is 0.0126. The Balaban J connectivity index is 2.29. The lowest BCUT2D eigenvalue weighted by Crippen LogP contribution is -2.50. The quantitative estimate of drug-likeness (QED) is 0.750. The number of amides is 2. The summed E-state index contributed by atoms with van der Waals surface area (Å²) >= 11 is 0. The summed E-state index contributed by atoms with van der Waals surface area (Å²) in [5.74, 6) is -0.102. The third-order valence-electron chi connectivity index (χ3n) is 4.32. The predicted octanol–water partition coefficient (Wildman–Crippen LogP) is 3.56. The zero-order chi connectivity index (χ0) is 18.8. The summed E-state index contributed by atoms with van der Waals surface area (Å²) in [6.45, 7) is 4.91. The van der Waals surface area contributed by atoms with Gasteiger partial charge in [0.1, 0.15) is 6.04 Å². The maximum atomic E-state index is 12.9. The fourth-order valence-electron chi connectivity index (χ4n) is 2.90. The molecule has 1 atom stereocenters. The van der Waals surface area contributed by atoms with Crippen LogP contribution < -0.4 is 5.32 Å². The third-order valence-corrected chi connectivity index (χ3v) is 4.32. The molecule has 0 unspecified atom stereocenters. The van der Waals surface area contributed by atoms with Crippen molar-refractivity contribution < 1.29 is 9.59 Å². The van der Waals surface area contributed by atoms with Crippen LogP contribution in [0, 0.1) is 0 Å². The first kappa shape index (κ1) is 19.7. The van der Waals surface area contributed by atoms with Gasteiger partial charge >= 0.3 is 0 Å². The van der Waals surface area contributed by atoms with Crippen molar-refractivity contribution in [1.82, 2.24) is 10.2 Å². The van der Waals surface area contributed by atoms with E-state index >= 15 is 0 Å². The molecule has 0 saturated heterocycles. The molecule has 2 aromatic rings. The highest BCUT2D eigenvalue weighted by Gasteiger charge is 2.29. The number of benzene rings is 2. The minimum Gasteiger partial charge on any atom is -0.354 e. The summed E-state index contributed by atoms with van der Waals surface area (Å²) in [4.78, 5) is 27.2. The Kier molecular flexibility index (Phi) is 7.87.